The molecule has 272 valence electrons. The average Bonchev–Trinajstić information content (AvgIpc) is 3.82. The average molecular weight is 689 g/mol. The van der Waals surface area contributed by atoms with Crippen molar-refractivity contribution in [2.75, 3.05) is 26.2 Å². The second kappa shape index (κ2) is 16.1. The highest BCUT2D eigenvalue weighted by molar-refractivity contribution is 6.11. The van der Waals surface area contributed by atoms with Crippen LogP contribution in [0.5, 0.6) is 0 Å². The van der Waals surface area contributed by atoms with Crippen molar-refractivity contribution in [3.05, 3.63) is 79.9 Å². The molecule has 2 aromatic rings. The van der Waals surface area contributed by atoms with Gasteiger partial charge < -0.3 is 4.90 Å². The number of carbonyl (C=O) groups is 2. The summed E-state index contributed by atoms with van der Waals surface area (Å²) in [6, 6.07) is 13.9. The zero-order valence-corrected chi connectivity index (χ0v) is 30.5. The number of likely N-dealkylation sites (tertiary alicyclic amines) is 2. The summed E-state index contributed by atoms with van der Waals surface area (Å²) < 4.78 is 0. The maximum Gasteiger partial charge on any atom is 0.269 e. The Morgan fingerprint density at radius 2 is 1.10 bits per heavy atom. The van der Waals surface area contributed by atoms with Crippen LogP contribution in [-0.2, 0) is 20.4 Å². The number of non-ortho nitro benzene ring substituents is 2. The van der Waals surface area contributed by atoms with Gasteiger partial charge in [-0.3, -0.25) is 34.7 Å². The molecule has 2 saturated carbocycles. The van der Waals surface area contributed by atoms with E-state index in [1.807, 2.05) is 25.1 Å². The van der Waals surface area contributed by atoms with Crippen LogP contribution in [-0.4, -0.2) is 57.6 Å². The largest absolute Gasteiger partial charge is 0.303 e. The van der Waals surface area contributed by atoms with Gasteiger partial charge in [-0.05, 0) is 55.2 Å². The number of unbranched alkanes of at least 4 members (excludes halogenated alkanes) is 6. The maximum absolute atomic E-state index is 12.9. The number of benzene rings is 2. The van der Waals surface area contributed by atoms with Crippen molar-refractivity contribution < 1.29 is 19.4 Å². The van der Waals surface area contributed by atoms with Crippen LogP contribution in [0.1, 0.15) is 116 Å². The second-order valence-corrected chi connectivity index (χ2v) is 15.1. The van der Waals surface area contributed by atoms with E-state index >= 15 is 0 Å². The molecule has 6 rings (SSSR count). The highest BCUT2D eigenvalue weighted by Gasteiger charge is 2.77. The lowest BCUT2D eigenvalue weighted by molar-refractivity contribution is -0.385. The number of carbonyl (C=O) groups excluding carboxylic acids is 2. The monoisotopic (exact) mass is 688 g/mol. The molecular formula is C40H56N4O6. The Morgan fingerprint density at radius 1 is 0.640 bits per heavy atom. The standard InChI is InChI=1S/C20H26N2O4.C20H30N2O2/c1-3-5-6-7-12-21-18(23)16-17(19(21)24)20(16,11-4-2)14-9-8-10-15(13-14)22(25)26;1-3-5-6-7-12-21-14-18-19(15-21)20(18,11-4-2)16-9-8-10-17(13-16)22(23)24/h8-10,13,16-17H,3-7,11-12H2,1-2H3;8-10,13,18-19H,3-7,11-12,14-15H2,1-2H3. The number of fused-ring (bicyclic) bond motifs is 2. The summed E-state index contributed by atoms with van der Waals surface area (Å²) in [6.07, 6.45) is 13.2. The van der Waals surface area contributed by atoms with E-state index in [0.717, 1.165) is 50.5 Å². The molecule has 2 amide bonds. The summed E-state index contributed by atoms with van der Waals surface area (Å²) in [5.74, 6) is 0.537. The summed E-state index contributed by atoms with van der Waals surface area (Å²) >= 11 is 0. The summed E-state index contributed by atoms with van der Waals surface area (Å²) in [6.45, 7) is 12.7. The second-order valence-electron chi connectivity index (χ2n) is 15.1. The molecule has 4 aliphatic rings. The van der Waals surface area contributed by atoms with Crippen LogP contribution >= 0.6 is 0 Å². The van der Waals surface area contributed by atoms with E-state index in [1.165, 1.54) is 61.8 Å². The van der Waals surface area contributed by atoms with Gasteiger partial charge >= 0.3 is 0 Å². The number of nitro groups is 2. The molecule has 2 aliphatic carbocycles. The normalized spacial score (nSPS) is 27.8. The fraction of sp³-hybridized carbons (Fsp3) is 0.650. The zero-order chi connectivity index (χ0) is 36.1. The molecule has 4 atom stereocenters. The van der Waals surface area contributed by atoms with E-state index < -0.39 is 10.3 Å². The highest BCUT2D eigenvalue weighted by Crippen LogP contribution is 2.67. The number of piperidine rings is 2. The number of imide groups is 1. The molecule has 2 aliphatic heterocycles. The first-order valence-electron chi connectivity index (χ1n) is 19.2. The third kappa shape index (κ3) is 7.10. The first-order chi connectivity index (χ1) is 24.1. The fourth-order valence-corrected chi connectivity index (χ4v) is 9.69. The van der Waals surface area contributed by atoms with Crippen LogP contribution in [0.25, 0.3) is 0 Å². The smallest absolute Gasteiger partial charge is 0.269 e. The van der Waals surface area contributed by atoms with Crippen LogP contribution in [0.15, 0.2) is 48.5 Å². The lowest BCUT2D eigenvalue weighted by atomic mass is 9.85. The van der Waals surface area contributed by atoms with Crippen molar-refractivity contribution in [3.8, 4) is 0 Å². The highest BCUT2D eigenvalue weighted by atomic mass is 16.6. The minimum absolute atomic E-state index is 0.0132. The molecule has 0 spiro atoms. The van der Waals surface area contributed by atoms with E-state index in [2.05, 4.69) is 31.7 Å². The molecule has 2 saturated heterocycles. The van der Waals surface area contributed by atoms with Crippen molar-refractivity contribution in [2.45, 2.75) is 116 Å². The minimum atomic E-state index is -0.547. The molecule has 0 aromatic heterocycles. The molecule has 2 aromatic carbocycles. The van der Waals surface area contributed by atoms with Crippen molar-refractivity contribution >= 4 is 23.2 Å². The Morgan fingerprint density at radius 3 is 1.56 bits per heavy atom. The SMILES string of the molecule is CCCCCCN1C(=O)C2C(C1=O)C2(CCC)c1cccc([N+](=O)[O-])c1.CCCCCCN1CC2C(C1)C2(CCC)c1cccc([N+](=O)[O-])c1. The molecule has 50 heavy (non-hydrogen) atoms. The zero-order valence-electron chi connectivity index (χ0n) is 30.5. The molecule has 10 heteroatoms. The quantitative estimate of drug-likeness (QED) is 0.0664. The van der Waals surface area contributed by atoms with Crippen molar-refractivity contribution in [1.29, 1.82) is 0 Å². The summed E-state index contributed by atoms with van der Waals surface area (Å²) in [4.78, 5) is 51.4. The third-order valence-electron chi connectivity index (χ3n) is 12.1. The van der Waals surface area contributed by atoms with E-state index in [4.69, 9.17) is 0 Å². The van der Waals surface area contributed by atoms with E-state index in [0.29, 0.717) is 24.8 Å². The van der Waals surface area contributed by atoms with Crippen LogP contribution < -0.4 is 0 Å². The number of nitrogens with zero attached hydrogens (tertiary/aromatic N) is 4. The summed E-state index contributed by atoms with van der Waals surface area (Å²) in [5, 5.41) is 22.2. The molecular weight excluding hydrogens is 632 g/mol. The van der Waals surface area contributed by atoms with Crippen LogP contribution in [0, 0.1) is 43.9 Å². The van der Waals surface area contributed by atoms with Gasteiger partial charge in [-0.1, -0.05) is 103 Å². The summed E-state index contributed by atoms with van der Waals surface area (Å²) in [7, 11) is 0. The Kier molecular flexibility index (Phi) is 12.1. The van der Waals surface area contributed by atoms with Crippen molar-refractivity contribution in [3.63, 3.8) is 0 Å². The van der Waals surface area contributed by atoms with Gasteiger partial charge in [0.2, 0.25) is 11.8 Å². The third-order valence-corrected chi connectivity index (χ3v) is 12.1. The summed E-state index contributed by atoms with van der Waals surface area (Å²) in [5.41, 5.74) is 1.88. The van der Waals surface area contributed by atoms with Gasteiger partial charge in [0, 0.05) is 54.7 Å². The molecule has 4 unspecified atom stereocenters. The molecule has 0 N–H and O–H groups in total. The van der Waals surface area contributed by atoms with E-state index in [1.54, 1.807) is 18.2 Å². The molecule has 0 radical (unpaired) electrons. The Bertz CT molecular complexity index is 1510. The first kappa shape index (κ1) is 37.6. The number of nitro benzene ring substituents is 2. The van der Waals surface area contributed by atoms with E-state index in [9.17, 15) is 29.8 Å². The molecule has 4 fully saturated rings. The van der Waals surface area contributed by atoms with Crippen LogP contribution in [0.4, 0.5) is 11.4 Å². The van der Waals surface area contributed by atoms with Gasteiger partial charge in [-0.15, -0.1) is 0 Å². The van der Waals surface area contributed by atoms with E-state index in [-0.39, 0.29) is 45.4 Å². The molecule has 0 bridgehead atoms. The number of hydrogen-bond acceptors (Lipinski definition) is 7. The predicted octanol–water partition coefficient (Wildman–Crippen LogP) is 8.60. The van der Waals surface area contributed by atoms with Gasteiger partial charge in [0.05, 0.1) is 21.7 Å². The fourth-order valence-electron chi connectivity index (χ4n) is 9.69. The van der Waals surface area contributed by atoms with Gasteiger partial charge in [-0.2, -0.15) is 0 Å². The van der Waals surface area contributed by atoms with Crippen molar-refractivity contribution in [1.82, 2.24) is 9.80 Å². The maximum atomic E-state index is 12.9. The molecule has 2 heterocycles. The van der Waals surface area contributed by atoms with Crippen molar-refractivity contribution in [2.24, 2.45) is 23.7 Å². The van der Waals surface area contributed by atoms with Crippen LogP contribution in [0.3, 0.4) is 0 Å². The lowest BCUT2D eigenvalue weighted by Crippen LogP contribution is -2.39. The Balaban J connectivity index is 0.000000195. The van der Waals surface area contributed by atoms with Gasteiger partial charge in [0.1, 0.15) is 0 Å². The first-order valence-corrected chi connectivity index (χ1v) is 19.2. The number of hydrogen-bond donors (Lipinski definition) is 0. The van der Waals surface area contributed by atoms with Gasteiger partial charge in [-0.25, -0.2) is 0 Å². The molecule has 10 nitrogen and oxygen atoms in total. The minimum Gasteiger partial charge on any atom is -0.303 e. The lowest BCUT2D eigenvalue weighted by Gasteiger charge is -2.27. The number of amides is 2. The predicted molar refractivity (Wildman–Crippen MR) is 195 cm³/mol. The van der Waals surface area contributed by atoms with Gasteiger partial charge in [0.15, 0.2) is 0 Å². The van der Waals surface area contributed by atoms with Gasteiger partial charge in [0.25, 0.3) is 11.4 Å². The van der Waals surface area contributed by atoms with Crippen LogP contribution in [0.2, 0.25) is 0 Å². The number of rotatable bonds is 18. The topological polar surface area (TPSA) is 127 Å². The Hall–Kier alpha value is -3.66. The Labute approximate surface area is 297 Å².